The van der Waals surface area contributed by atoms with E-state index in [-0.39, 0.29) is 18.4 Å². The van der Waals surface area contributed by atoms with Crippen molar-refractivity contribution in [3.05, 3.63) is 33.8 Å². The van der Waals surface area contributed by atoms with Gasteiger partial charge in [0, 0.05) is 36.2 Å². The fourth-order valence-electron chi connectivity index (χ4n) is 2.16. The summed E-state index contributed by atoms with van der Waals surface area (Å²) >= 11 is 11.9. The number of halogens is 4. The van der Waals surface area contributed by atoms with Gasteiger partial charge in [0.05, 0.1) is 6.04 Å². The van der Waals surface area contributed by atoms with Crippen LogP contribution in [0.25, 0.3) is 0 Å². The van der Waals surface area contributed by atoms with E-state index in [1.165, 1.54) is 0 Å². The molecular weight excluding hydrogens is 298 g/mol. The molecule has 2 rings (SSSR count). The second kappa shape index (κ2) is 7.51. The molecule has 0 spiro atoms. The molecule has 0 amide bonds. The molecule has 1 aliphatic heterocycles. The zero-order valence-electron chi connectivity index (χ0n) is 9.83. The number of nitrogens with zero attached hydrogens (tertiary/aromatic N) is 1. The van der Waals surface area contributed by atoms with Gasteiger partial charge in [-0.05, 0) is 23.8 Å². The van der Waals surface area contributed by atoms with E-state index in [2.05, 4.69) is 10.2 Å². The largest absolute Gasteiger partial charge is 0.314 e. The van der Waals surface area contributed by atoms with E-state index in [4.69, 9.17) is 23.2 Å². The number of piperazine rings is 1. The van der Waals surface area contributed by atoms with Crippen LogP contribution in [0.2, 0.25) is 10.0 Å². The van der Waals surface area contributed by atoms with Crippen LogP contribution in [-0.4, -0.2) is 37.8 Å². The lowest BCUT2D eigenvalue weighted by Crippen LogP contribution is -2.45. The summed E-state index contributed by atoms with van der Waals surface area (Å²) in [5, 5.41) is 4.36. The molecule has 2 nitrogen and oxygen atoms in total. The third-order valence-corrected chi connectivity index (χ3v) is 3.44. The van der Waals surface area contributed by atoms with Gasteiger partial charge in [0.25, 0.3) is 0 Å². The van der Waals surface area contributed by atoms with E-state index in [1.807, 2.05) is 0 Å². The van der Waals surface area contributed by atoms with Crippen molar-refractivity contribution in [1.29, 1.82) is 0 Å². The first-order chi connectivity index (χ1) is 8.20. The highest BCUT2D eigenvalue weighted by atomic mass is 35.5. The number of benzene rings is 1. The fourth-order valence-corrected chi connectivity index (χ4v) is 2.70. The van der Waals surface area contributed by atoms with Crippen LogP contribution >= 0.6 is 35.6 Å². The monoisotopic (exact) mass is 312 g/mol. The summed E-state index contributed by atoms with van der Waals surface area (Å²) < 4.78 is 13.2. The van der Waals surface area contributed by atoms with Gasteiger partial charge in [0.2, 0.25) is 0 Å². The van der Waals surface area contributed by atoms with Crippen LogP contribution in [0.15, 0.2) is 18.2 Å². The Bertz CT molecular complexity index is 363. The lowest BCUT2D eigenvalue weighted by atomic mass is 10.1. The maximum atomic E-state index is 13.2. The van der Waals surface area contributed by atoms with Gasteiger partial charge in [0.15, 0.2) is 0 Å². The molecule has 18 heavy (non-hydrogen) atoms. The molecule has 0 radical (unpaired) electrons. The Kier molecular flexibility index (Phi) is 6.67. The van der Waals surface area contributed by atoms with Crippen LogP contribution in [0.4, 0.5) is 4.39 Å². The summed E-state index contributed by atoms with van der Waals surface area (Å²) in [6.45, 7) is 3.06. The molecule has 1 fully saturated rings. The lowest BCUT2D eigenvalue weighted by Gasteiger charge is -2.33. The fraction of sp³-hybridized carbons (Fsp3) is 0.500. The van der Waals surface area contributed by atoms with Crippen molar-refractivity contribution < 1.29 is 4.39 Å². The second-order valence-electron chi connectivity index (χ2n) is 4.16. The topological polar surface area (TPSA) is 15.3 Å². The SMILES string of the molecule is Cl.FC[C@H](c1cc(Cl)cc(Cl)c1)N1CCNCC1. The summed E-state index contributed by atoms with van der Waals surface area (Å²) in [6, 6.07) is 5.01. The molecule has 0 aromatic heterocycles. The Morgan fingerprint density at radius 1 is 1.17 bits per heavy atom. The predicted molar refractivity (Wildman–Crippen MR) is 76.9 cm³/mol. The average Bonchev–Trinajstić information content (AvgIpc) is 2.30. The number of hydrogen-bond donors (Lipinski definition) is 1. The van der Waals surface area contributed by atoms with Crippen molar-refractivity contribution in [3.8, 4) is 0 Å². The molecule has 1 heterocycles. The molecule has 0 bridgehead atoms. The van der Waals surface area contributed by atoms with Gasteiger partial charge in [-0.25, -0.2) is 4.39 Å². The Morgan fingerprint density at radius 3 is 2.22 bits per heavy atom. The molecule has 1 aliphatic rings. The summed E-state index contributed by atoms with van der Waals surface area (Å²) in [5.74, 6) is 0. The molecule has 1 atom stereocenters. The highest BCUT2D eigenvalue weighted by Gasteiger charge is 2.22. The Labute approximate surface area is 123 Å². The maximum Gasteiger partial charge on any atom is 0.109 e. The van der Waals surface area contributed by atoms with E-state index in [0.717, 1.165) is 31.7 Å². The Morgan fingerprint density at radius 2 is 1.72 bits per heavy atom. The summed E-state index contributed by atoms with van der Waals surface area (Å²) in [7, 11) is 0. The summed E-state index contributed by atoms with van der Waals surface area (Å²) in [5.41, 5.74) is 0.854. The van der Waals surface area contributed by atoms with Crippen molar-refractivity contribution in [3.63, 3.8) is 0 Å². The van der Waals surface area contributed by atoms with Gasteiger partial charge >= 0.3 is 0 Å². The van der Waals surface area contributed by atoms with E-state index < -0.39 is 6.67 Å². The lowest BCUT2D eigenvalue weighted by molar-refractivity contribution is 0.147. The number of nitrogens with one attached hydrogen (secondary N) is 1. The van der Waals surface area contributed by atoms with Crippen LogP contribution in [0.3, 0.4) is 0 Å². The molecular formula is C12H16Cl3FN2. The maximum absolute atomic E-state index is 13.2. The second-order valence-corrected chi connectivity index (χ2v) is 5.03. The van der Waals surface area contributed by atoms with Crippen molar-refractivity contribution >= 4 is 35.6 Å². The van der Waals surface area contributed by atoms with Crippen LogP contribution < -0.4 is 5.32 Å². The van der Waals surface area contributed by atoms with E-state index in [1.54, 1.807) is 18.2 Å². The highest BCUT2D eigenvalue weighted by Crippen LogP contribution is 2.27. The molecule has 6 heteroatoms. The van der Waals surface area contributed by atoms with Crippen molar-refractivity contribution in [2.24, 2.45) is 0 Å². The normalized spacial score (nSPS) is 18.2. The molecule has 1 aromatic rings. The minimum atomic E-state index is -0.420. The van der Waals surface area contributed by atoms with Crippen molar-refractivity contribution in [2.75, 3.05) is 32.9 Å². The Balaban J connectivity index is 0.00000162. The van der Waals surface area contributed by atoms with Crippen LogP contribution in [-0.2, 0) is 0 Å². The summed E-state index contributed by atoms with van der Waals surface area (Å²) in [4.78, 5) is 2.12. The van der Waals surface area contributed by atoms with Gasteiger partial charge < -0.3 is 5.32 Å². The first-order valence-electron chi connectivity index (χ1n) is 5.67. The molecule has 1 N–H and O–H groups in total. The van der Waals surface area contributed by atoms with Crippen LogP contribution in [0, 0.1) is 0 Å². The van der Waals surface area contributed by atoms with Crippen LogP contribution in [0.1, 0.15) is 11.6 Å². The molecule has 1 saturated heterocycles. The zero-order chi connectivity index (χ0) is 12.3. The molecule has 102 valence electrons. The number of rotatable bonds is 3. The number of hydrogen-bond acceptors (Lipinski definition) is 2. The van der Waals surface area contributed by atoms with E-state index >= 15 is 0 Å². The van der Waals surface area contributed by atoms with Gasteiger partial charge in [-0.1, -0.05) is 23.2 Å². The van der Waals surface area contributed by atoms with Crippen molar-refractivity contribution in [2.45, 2.75) is 6.04 Å². The smallest absolute Gasteiger partial charge is 0.109 e. The first-order valence-corrected chi connectivity index (χ1v) is 6.43. The highest BCUT2D eigenvalue weighted by molar-refractivity contribution is 6.34. The zero-order valence-corrected chi connectivity index (χ0v) is 12.2. The average molecular weight is 314 g/mol. The van der Waals surface area contributed by atoms with Crippen molar-refractivity contribution in [1.82, 2.24) is 10.2 Å². The van der Waals surface area contributed by atoms with E-state index in [9.17, 15) is 4.39 Å². The van der Waals surface area contributed by atoms with Gasteiger partial charge in [-0.3, -0.25) is 4.90 Å². The van der Waals surface area contributed by atoms with Crippen LogP contribution in [0.5, 0.6) is 0 Å². The quantitative estimate of drug-likeness (QED) is 0.921. The predicted octanol–water partition coefficient (Wildman–Crippen LogP) is 3.33. The third-order valence-electron chi connectivity index (χ3n) is 3.01. The van der Waals surface area contributed by atoms with E-state index in [0.29, 0.717) is 10.0 Å². The minimum Gasteiger partial charge on any atom is -0.314 e. The molecule has 1 aromatic carbocycles. The Hall–Kier alpha value is -0.0600. The van der Waals surface area contributed by atoms with Gasteiger partial charge in [-0.15, -0.1) is 12.4 Å². The standard InChI is InChI=1S/C12H15Cl2FN2.ClH/c13-10-5-9(6-11(14)7-10)12(8-15)17-3-1-16-2-4-17;/h5-7,12,16H,1-4,8H2;1H/t12-;/m1./s1. The van der Waals surface area contributed by atoms with Gasteiger partial charge in [-0.2, -0.15) is 0 Å². The molecule has 0 saturated carbocycles. The summed E-state index contributed by atoms with van der Waals surface area (Å²) in [6.07, 6.45) is 0. The molecule has 0 aliphatic carbocycles. The van der Waals surface area contributed by atoms with Gasteiger partial charge in [0.1, 0.15) is 6.67 Å². The first kappa shape index (κ1) is 16.0. The molecule has 0 unspecified atom stereocenters. The minimum absolute atomic E-state index is 0. The third kappa shape index (κ3) is 3.97. The number of alkyl halides is 1.